The maximum absolute atomic E-state index is 12.1. The number of carbonyl (C=O) groups excluding carboxylic acids is 1. The Morgan fingerprint density at radius 2 is 1.95 bits per heavy atom. The first-order valence-electron chi connectivity index (χ1n) is 6.78. The van der Waals surface area contributed by atoms with Crippen LogP contribution in [-0.4, -0.2) is 12.0 Å². The third kappa shape index (κ3) is 4.24. The lowest BCUT2D eigenvalue weighted by atomic mass is 10.1. The SMILES string of the molecule is C[C@@H](Oc1ccccc1Cl)C(=O)Nc1ccc(CC#N)cc1. The van der Waals surface area contributed by atoms with Crippen molar-refractivity contribution in [3.05, 3.63) is 59.1 Å². The predicted molar refractivity (Wildman–Crippen MR) is 85.9 cm³/mol. The Labute approximate surface area is 134 Å². The minimum Gasteiger partial charge on any atom is -0.479 e. The highest BCUT2D eigenvalue weighted by Crippen LogP contribution is 2.24. The monoisotopic (exact) mass is 314 g/mol. The summed E-state index contributed by atoms with van der Waals surface area (Å²) >= 11 is 6.00. The highest BCUT2D eigenvalue weighted by molar-refractivity contribution is 6.32. The van der Waals surface area contributed by atoms with E-state index in [-0.39, 0.29) is 5.91 Å². The van der Waals surface area contributed by atoms with Gasteiger partial charge in [-0.25, -0.2) is 0 Å². The lowest BCUT2D eigenvalue weighted by Gasteiger charge is -2.15. The second-order valence-electron chi connectivity index (χ2n) is 4.71. The van der Waals surface area contributed by atoms with E-state index in [2.05, 4.69) is 11.4 Å². The van der Waals surface area contributed by atoms with Gasteiger partial charge in [-0.05, 0) is 36.8 Å². The molecular weight excluding hydrogens is 300 g/mol. The third-order valence-electron chi connectivity index (χ3n) is 3.01. The van der Waals surface area contributed by atoms with Crippen LogP contribution in [-0.2, 0) is 11.2 Å². The topological polar surface area (TPSA) is 62.1 Å². The molecule has 0 bridgehead atoms. The van der Waals surface area contributed by atoms with Crippen LogP contribution in [0.2, 0.25) is 5.02 Å². The van der Waals surface area contributed by atoms with E-state index < -0.39 is 6.10 Å². The van der Waals surface area contributed by atoms with Crippen LogP contribution in [0.3, 0.4) is 0 Å². The average molecular weight is 315 g/mol. The summed E-state index contributed by atoms with van der Waals surface area (Å²) in [5.74, 6) is 0.198. The van der Waals surface area contributed by atoms with Crippen LogP contribution in [0, 0.1) is 11.3 Å². The van der Waals surface area contributed by atoms with Gasteiger partial charge < -0.3 is 10.1 Å². The van der Waals surface area contributed by atoms with Gasteiger partial charge in [-0.15, -0.1) is 0 Å². The molecule has 112 valence electrons. The molecule has 22 heavy (non-hydrogen) atoms. The van der Waals surface area contributed by atoms with E-state index in [9.17, 15) is 4.79 Å². The van der Waals surface area contributed by atoms with Crippen molar-refractivity contribution in [1.82, 2.24) is 0 Å². The fraction of sp³-hybridized carbons (Fsp3) is 0.176. The predicted octanol–water partition coefficient (Wildman–Crippen LogP) is 3.81. The van der Waals surface area contributed by atoms with Gasteiger partial charge in [0.25, 0.3) is 5.91 Å². The molecule has 2 aromatic rings. The Bertz CT molecular complexity index is 693. The van der Waals surface area contributed by atoms with Crippen LogP contribution < -0.4 is 10.1 Å². The number of hydrogen-bond donors (Lipinski definition) is 1. The lowest BCUT2D eigenvalue weighted by Crippen LogP contribution is -2.30. The number of amides is 1. The molecule has 5 heteroatoms. The summed E-state index contributed by atoms with van der Waals surface area (Å²) in [7, 11) is 0. The standard InChI is InChI=1S/C17H15ClN2O2/c1-12(22-16-5-3-2-4-15(16)18)17(21)20-14-8-6-13(7-9-14)10-11-19/h2-9,12H,10H2,1H3,(H,20,21)/t12-/m1/s1. The molecule has 2 aromatic carbocycles. The molecule has 0 aliphatic carbocycles. The van der Waals surface area contributed by atoms with Gasteiger partial charge in [-0.1, -0.05) is 35.9 Å². The van der Waals surface area contributed by atoms with Gasteiger partial charge in [0.2, 0.25) is 0 Å². The third-order valence-corrected chi connectivity index (χ3v) is 3.33. The van der Waals surface area contributed by atoms with E-state index in [0.717, 1.165) is 5.56 Å². The summed E-state index contributed by atoms with van der Waals surface area (Å²) < 4.78 is 5.55. The van der Waals surface area contributed by atoms with Crippen LogP contribution in [0.4, 0.5) is 5.69 Å². The summed E-state index contributed by atoms with van der Waals surface area (Å²) in [5, 5.41) is 11.8. The number of halogens is 1. The maximum Gasteiger partial charge on any atom is 0.265 e. The molecular formula is C17H15ClN2O2. The van der Waals surface area contributed by atoms with E-state index in [1.165, 1.54) is 0 Å². The second kappa shape index (κ2) is 7.48. The van der Waals surface area contributed by atoms with E-state index in [0.29, 0.717) is 22.9 Å². The number of benzene rings is 2. The molecule has 0 aromatic heterocycles. The Balaban J connectivity index is 1.96. The molecule has 0 fully saturated rings. The van der Waals surface area contributed by atoms with E-state index in [1.807, 2.05) is 0 Å². The van der Waals surface area contributed by atoms with Gasteiger partial charge in [0.05, 0.1) is 17.5 Å². The lowest BCUT2D eigenvalue weighted by molar-refractivity contribution is -0.122. The maximum atomic E-state index is 12.1. The van der Waals surface area contributed by atoms with Crippen LogP contribution in [0.5, 0.6) is 5.75 Å². The van der Waals surface area contributed by atoms with E-state index in [4.69, 9.17) is 21.6 Å². The highest BCUT2D eigenvalue weighted by atomic mass is 35.5. The number of hydrogen-bond acceptors (Lipinski definition) is 3. The molecule has 0 unspecified atom stereocenters. The number of rotatable bonds is 5. The number of nitrogens with one attached hydrogen (secondary N) is 1. The normalized spacial score (nSPS) is 11.3. The van der Waals surface area contributed by atoms with Gasteiger partial charge >= 0.3 is 0 Å². The molecule has 2 rings (SSSR count). The Morgan fingerprint density at radius 3 is 2.59 bits per heavy atom. The quantitative estimate of drug-likeness (QED) is 0.912. The molecule has 0 saturated heterocycles. The van der Waals surface area contributed by atoms with Crippen molar-refractivity contribution in [2.75, 3.05) is 5.32 Å². The molecule has 1 atom stereocenters. The number of carbonyl (C=O) groups is 1. The molecule has 0 heterocycles. The number of nitrogens with zero attached hydrogens (tertiary/aromatic N) is 1. The van der Waals surface area contributed by atoms with Gasteiger partial charge in [0.1, 0.15) is 5.75 Å². The first-order valence-corrected chi connectivity index (χ1v) is 7.16. The minimum absolute atomic E-state index is 0.270. The fourth-order valence-corrected chi connectivity index (χ4v) is 2.01. The van der Waals surface area contributed by atoms with Crippen molar-refractivity contribution < 1.29 is 9.53 Å². The van der Waals surface area contributed by atoms with E-state index >= 15 is 0 Å². The Hall–Kier alpha value is -2.51. The molecule has 0 radical (unpaired) electrons. The fourth-order valence-electron chi connectivity index (χ4n) is 1.83. The molecule has 4 nitrogen and oxygen atoms in total. The molecule has 0 aliphatic heterocycles. The largest absolute Gasteiger partial charge is 0.479 e. The van der Waals surface area contributed by atoms with Gasteiger partial charge in [-0.3, -0.25) is 4.79 Å². The zero-order valence-electron chi connectivity index (χ0n) is 12.0. The van der Waals surface area contributed by atoms with E-state index in [1.54, 1.807) is 55.5 Å². The van der Waals surface area contributed by atoms with Crippen LogP contribution in [0.1, 0.15) is 12.5 Å². The second-order valence-corrected chi connectivity index (χ2v) is 5.12. The van der Waals surface area contributed by atoms with Crippen molar-refractivity contribution in [2.24, 2.45) is 0 Å². The summed E-state index contributed by atoms with van der Waals surface area (Å²) in [6, 6.07) is 16.2. The van der Waals surface area contributed by atoms with Crippen molar-refractivity contribution in [1.29, 1.82) is 5.26 Å². The van der Waals surface area contributed by atoms with Crippen molar-refractivity contribution in [3.63, 3.8) is 0 Å². The number of para-hydroxylation sites is 1. The zero-order valence-corrected chi connectivity index (χ0v) is 12.8. The zero-order chi connectivity index (χ0) is 15.9. The highest BCUT2D eigenvalue weighted by Gasteiger charge is 2.16. The average Bonchev–Trinajstić information content (AvgIpc) is 2.51. The first kappa shape index (κ1) is 15.9. The number of ether oxygens (including phenoxy) is 1. The van der Waals surface area contributed by atoms with Crippen LogP contribution in [0.25, 0.3) is 0 Å². The van der Waals surface area contributed by atoms with Crippen molar-refractivity contribution in [2.45, 2.75) is 19.4 Å². The number of anilines is 1. The Morgan fingerprint density at radius 1 is 1.27 bits per heavy atom. The molecule has 1 N–H and O–H groups in total. The summed E-state index contributed by atoms with van der Waals surface area (Å²) in [4.78, 5) is 12.1. The Kier molecular flexibility index (Phi) is 5.40. The summed E-state index contributed by atoms with van der Waals surface area (Å²) in [6.07, 6.45) is -0.334. The number of nitriles is 1. The summed E-state index contributed by atoms with van der Waals surface area (Å²) in [6.45, 7) is 1.66. The smallest absolute Gasteiger partial charge is 0.265 e. The molecule has 0 aliphatic rings. The van der Waals surface area contributed by atoms with Gasteiger partial charge in [0, 0.05) is 5.69 Å². The van der Waals surface area contributed by atoms with Crippen LogP contribution in [0.15, 0.2) is 48.5 Å². The molecule has 0 saturated carbocycles. The molecule has 0 spiro atoms. The first-order chi connectivity index (χ1) is 10.6. The van der Waals surface area contributed by atoms with Gasteiger partial charge in [-0.2, -0.15) is 5.26 Å². The van der Waals surface area contributed by atoms with Crippen molar-refractivity contribution in [3.8, 4) is 11.8 Å². The summed E-state index contributed by atoms with van der Waals surface area (Å²) in [5.41, 5.74) is 1.56. The van der Waals surface area contributed by atoms with Crippen LogP contribution >= 0.6 is 11.6 Å². The minimum atomic E-state index is -0.682. The van der Waals surface area contributed by atoms with Gasteiger partial charge in [0.15, 0.2) is 6.10 Å². The van der Waals surface area contributed by atoms with Crippen molar-refractivity contribution >= 4 is 23.2 Å². The molecule has 1 amide bonds.